The lowest BCUT2D eigenvalue weighted by molar-refractivity contribution is 0.0963. The van der Waals surface area contributed by atoms with Crippen LogP contribution in [0.3, 0.4) is 0 Å². The molecule has 1 heterocycles. The van der Waals surface area contributed by atoms with Gasteiger partial charge in [0.05, 0.1) is 22.5 Å². The van der Waals surface area contributed by atoms with E-state index in [1.807, 2.05) is 0 Å². The molecule has 1 rings (SSSR count). The van der Waals surface area contributed by atoms with Crippen LogP contribution in [-0.4, -0.2) is 41.0 Å². The second-order valence-electron chi connectivity index (χ2n) is 4.74. The Hall–Kier alpha value is -0.390. The molecule has 1 atom stereocenters. The fourth-order valence-corrected chi connectivity index (χ4v) is 2.98. The standard InChI is InChI=1S/C14H26BrN3O/c1-6-12-14(15)13(18(8-3)16-12)9-17(7-2)11(4)10-19-5/h11H,6-10H2,1-5H3. The number of hydrogen-bond acceptors (Lipinski definition) is 3. The van der Waals surface area contributed by atoms with Crippen LogP contribution in [0.2, 0.25) is 0 Å². The van der Waals surface area contributed by atoms with Gasteiger partial charge in [0, 0.05) is 26.2 Å². The van der Waals surface area contributed by atoms with Gasteiger partial charge in [0.1, 0.15) is 0 Å². The second kappa shape index (κ2) is 8.02. The fourth-order valence-electron chi connectivity index (χ4n) is 2.29. The van der Waals surface area contributed by atoms with Gasteiger partial charge in [0.25, 0.3) is 0 Å². The monoisotopic (exact) mass is 331 g/mol. The van der Waals surface area contributed by atoms with Gasteiger partial charge in [-0.15, -0.1) is 0 Å². The molecule has 0 aliphatic heterocycles. The minimum absolute atomic E-state index is 0.409. The molecule has 0 N–H and O–H groups in total. The molecular weight excluding hydrogens is 306 g/mol. The largest absolute Gasteiger partial charge is 0.383 e. The Bertz CT molecular complexity index is 392. The third kappa shape index (κ3) is 4.04. The van der Waals surface area contributed by atoms with Gasteiger partial charge in [-0.05, 0) is 42.7 Å². The number of aromatic nitrogens is 2. The number of methoxy groups -OCH3 is 1. The molecule has 0 aliphatic carbocycles. The van der Waals surface area contributed by atoms with E-state index in [2.05, 4.69) is 58.3 Å². The van der Waals surface area contributed by atoms with Crippen molar-refractivity contribution in [2.24, 2.45) is 0 Å². The average Bonchev–Trinajstić information content (AvgIpc) is 2.72. The summed E-state index contributed by atoms with van der Waals surface area (Å²) in [5, 5.41) is 4.65. The van der Waals surface area contributed by atoms with Crippen molar-refractivity contribution in [2.45, 2.75) is 53.2 Å². The van der Waals surface area contributed by atoms with E-state index < -0.39 is 0 Å². The van der Waals surface area contributed by atoms with Crippen molar-refractivity contribution < 1.29 is 4.74 Å². The van der Waals surface area contributed by atoms with E-state index in [9.17, 15) is 0 Å². The van der Waals surface area contributed by atoms with E-state index in [1.165, 1.54) is 10.2 Å². The number of hydrogen-bond donors (Lipinski definition) is 0. The molecule has 0 spiro atoms. The van der Waals surface area contributed by atoms with Crippen molar-refractivity contribution in [3.05, 3.63) is 15.9 Å². The molecule has 0 bridgehead atoms. The van der Waals surface area contributed by atoms with Gasteiger partial charge >= 0.3 is 0 Å². The summed E-state index contributed by atoms with van der Waals surface area (Å²) in [6.45, 7) is 12.2. The highest BCUT2D eigenvalue weighted by molar-refractivity contribution is 9.10. The third-order valence-electron chi connectivity index (χ3n) is 3.48. The lowest BCUT2D eigenvalue weighted by Crippen LogP contribution is -2.36. The molecule has 4 nitrogen and oxygen atoms in total. The van der Waals surface area contributed by atoms with Gasteiger partial charge in [-0.25, -0.2) is 0 Å². The number of rotatable bonds is 8. The van der Waals surface area contributed by atoms with Crippen LogP contribution in [0.5, 0.6) is 0 Å². The third-order valence-corrected chi connectivity index (χ3v) is 4.40. The Morgan fingerprint density at radius 2 is 2.05 bits per heavy atom. The average molecular weight is 332 g/mol. The topological polar surface area (TPSA) is 30.3 Å². The summed E-state index contributed by atoms with van der Waals surface area (Å²) < 4.78 is 8.53. The Kier molecular flexibility index (Phi) is 7.04. The van der Waals surface area contributed by atoms with Crippen molar-refractivity contribution >= 4 is 15.9 Å². The maximum atomic E-state index is 5.26. The normalized spacial score (nSPS) is 13.2. The van der Waals surface area contributed by atoms with Gasteiger partial charge in [0.2, 0.25) is 0 Å². The van der Waals surface area contributed by atoms with Gasteiger partial charge in [-0.3, -0.25) is 9.58 Å². The Morgan fingerprint density at radius 1 is 1.37 bits per heavy atom. The van der Waals surface area contributed by atoms with E-state index in [4.69, 9.17) is 4.74 Å². The summed E-state index contributed by atoms with van der Waals surface area (Å²) in [7, 11) is 1.76. The van der Waals surface area contributed by atoms with Crippen LogP contribution in [-0.2, 0) is 24.2 Å². The molecule has 1 aromatic rings. The number of ether oxygens (including phenoxy) is 1. The quantitative estimate of drug-likeness (QED) is 0.733. The maximum Gasteiger partial charge on any atom is 0.0767 e. The van der Waals surface area contributed by atoms with Gasteiger partial charge in [-0.1, -0.05) is 13.8 Å². The molecule has 19 heavy (non-hydrogen) atoms. The molecule has 0 saturated heterocycles. The van der Waals surface area contributed by atoms with E-state index in [0.717, 1.165) is 38.4 Å². The van der Waals surface area contributed by atoms with E-state index in [1.54, 1.807) is 7.11 Å². The highest BCUT2D eigenvalue weighted by atomic mass is 79.9. The summed E-state index contributed by atoms with van der Waals surface area (Å²) in [6.07, 6.45) is 0.959. The van der Waals surface area contributed by atoms with Crippen molar-refractivity contribution in [3.63, 3.8) is 0 Å². The maximum absolute atomic E-state index is 5.26. The van der Waals surface area contributed by atoms with Crippen LogP contribution in [0.4, 0.5) is 0 Å². The minimum Gasteiger partial charge on any atom is -0.383 e. The van der Waals surface area contributed by atoms with Crippen molar-refractivity contribution in [1.82, 2.24) is 14.7 Å². The first-order valence-electron chi connectivity index (χ1n) is 7.05. The molecule has 1 unspecified atom stereocenters. The summed E-state index contributed by atoms with van der Waals surface area (Å²) in [6, 6.07) is 0.409. The SMILES string of the molecule is CCc1nn(CC)c(CN(CC)C(C)COC)c1Br. The van der Waals surface area contributed by atoms with E-state index in [0.29, 0.717) is 6.04 Å². The van der Waals surface area contributed by atoms with Crippen LogP contribution in [0.15, 0.2) is 4.47 Å². The second-order valence-corrected chi connectivity index (χ2v) is 5.54. The molecule has 110 valence electrons. The molecular formula is C14H26BrN3O. The first-order chi connectivity index (χ1) is 9.08. The molecule has 0 aromatic carbocycles. The highest BCUT2D eigenvalue weighted by Gasteiger charge is 2.19. The van der Waals surface area contributed by atoms with Crippen molar-refractivity contribution in [3.8, 4) is 0 Å². The first-order valence-corrected chi connectivity index (χ1v) is 7.85. The molecule has 0 amide bonds. The van der Waals surface area contributed by atoms with Crippen LogP contribution in [0, 0.1) is 0 Å². The fraction of sp³-hybridized carbons (Fsp3) is 0.786. The first kappa shape index (κ1) is 16.7. The zero-order valence-electron chi connectivity index (χ0n) is 12.7. The lowest BCUT2D eigenvalue weighted by atomic mass is 10.2. The van der Waals surface area contributed by atoms with Crippen molar-refractivity contribution in [2.75, 3.05) is 20.3 Å². The smallest absolute Gasteiger partial charge is 0.0767 e. The van der Waals surface area contributed by atoms with Crippen LogP contribution >= 0.6 is 15.9 Å². The number of aryl methyl sites for hydroxylation is 2. The lowest BCUT2D eigenvalue weighted by Gasteiger charge is -2.27. The molecule has 0 radical (unpaired) electrons. The summed E-state index contributed by atoms with van der Waals surface area (Å²) >= 11 is 3.71. The van der Waals surface area contributed by atoms with Gasteiger partial charge in [0.15, 0.2) is 0 Å². The molecule has 1 aromatic heterocycles. The van der Waals surface area contributed by atoms with Crippen LogP contribution < -0.4 is 0 Å². The molecule has 5 heteroatoms. The zero-order chi connectivity index (χ0) is 14.4. The van der Waals surface area contributed by atoms with Crippen LogP contribution in [0.1, 0.15) is 39.1 Å². The Morgan fingerprint density at radius 3 is 2.53 bits per heavy atom. The van der Waals surface area contributed by atoms with Crippen LogP contribution in [0.25, 0.3) is 0 Å². The predicted molar refractivity (Wildman–Crippen MR) is 82.4 cm³/mol. The van der Waals surface area contributed by atoms with Gasteiger partial charge in [-0.2, -0.15) is 5.10 Å². The molecule has 0 aliphatic rings. The number of likely N-dealkylation sites (N-methyl/N-ethyl adjacent to an activating group) is 1. The number of halogens is 1. The predicted octanol–water partition coefficient (Wildman–Crippen LogP) is 3.08. The molecule has 0 saturated carbocycles. The summed E-state index contributed by atoms with van der Waals surface area (Å²) in [5.74, 6) is 0. The minimum atomic E-state index is 0.409. The summed E-state index contributed by atoms with van der Waals surface area (Å²) in [5.41, 5.74) is 2.41. The zero-order valence-corrected chi connectivity index (χ0v) is 14.3. The Labute approximate surface area is 125 Å². The number of nitrogens with zero attached hydrogens (tertiary/aromatic N) is 3. The summed E-state index contributed by atoms with van der Waals surface area (Å²) in [4.78, 5) is 2.41. The van der Waals surface area contributed by atoms with Gasteiger partial charge < -0.3 is 4.74 Å². The van der Waals surface area contributed by atoms with E-state index >= 15 is 0 Å². The highest BCUT2D eigenvalue weighted by Crippen LogP contribution is 2.24. The molecule has 0 fully saturated rings. The van der Waals surface area contributed by atoms with E-state index in [-0.39, 0.29) is 0 Å². The van der Waals surface area contributed by atoms with Crippen molar-refractivity contribution in [1.29, 1.82) is 0 Å². The Balaban J connectivity index is 2.92.